The first-order valence-corrected chi connectivity index (χ1v) is 5.25. The highest BCUT2D eigenvalue weighted by Gasteiger charge is 2.23. The number of hydrogen-bond donors (Lipinski definition) is 1. The summed E-state index contributed by atoms with van der Waals surface area (Å²) in [6.45, 7) is 0.545. The fourth-order valence-corrected chi connectivity index (χ4v) is 2.05. The summed E-state index contributed by atoms with van der Waals surface area (Å²) < 4.78 is 5.34. The van der Waals surface area contributed by atoms with E-state index < -0.39 is 0 Å². The van der Waals surface area contributed by atoms with Crippen molar-refractivity contribution in [2.24, 2.45) is 0 Å². The van der Waals surface area contributed by atoms with E-state index in [0.29, 0.717) is 24.2 Å². The summed E-state index contributed by atoms with van der Waals surface area (Å²) in [4.78, 5) is 22.3. The number of hydrogen-bond acceptors (Lipinski definition) is 3. The summed E-state index contributed by atoms with van der Waals surface area (Å²) in [5.41, 5.74) is 2.32. The van der Waals surface area contributed by atoms with E-state index in [1.54, 1.807) is 12.1 Å². The van der Waals surface area contributed by atoms with Crippen LogP contribution in [0.4, 0.5) is 0 Å². The highest BCUT2D eigenvalue weighted by molar-refractivity contribution is 6.04. The minimum absolute atomic E-state index is 0.0975. The second kappa shape index (κ2) is 3.59. The molecule has 1 aliphatic heterocycles. The largest absolute Gasteiger partial charge is 0.453 e. The molecule has 0 atom stereocenters. The van der Waals surface area contributed by atoms with Crippen LogP contribution >= 0.6 is 0 Å². The van der Waals surface area contributed by atoms with Crippen LogP contribution in [0, 0.1) is 0 Å². The lowest BCUT2D eigenvalue weighted by molar-refractivity contribution is 0.0966. The third kappa shape index (κ3) is 1.45. The number of furan rings is 1. The van der Waals surface area contributed by atoms with Gasteiger partial charge >= 0.3 is 0 Å². The van der Waals surface area contributed by atoms with E-state index in [0.717, 1.165) is 11.1 Å². The first-order chi connectivity index (χ1) is 8.29. The number of benzene rings is 1. The Morgan fingerprint density at radius 1 is 1.24 bits per heavy atom. The fourth-order valence-electron chi connectivity index (χ4n) is 2.05. The van der Waals surface area contributed by atoms with Gasteiger partial charge in [-0.05, 0) is 17.7 Å². The zero-order valence-electron chi connectivity index (χ0n) is 8.90. The average molecular weight is 227 g/mol. The molecule has 0 radical (unpaired) electrons. The van der Waals surface area contributed by atoms with Crippen molar-refractivity contribution in [1.29, 1.82) is 0 Å². The Hall–Kier alpha value is -2.36. The van der Waals surface area contributed by atoms with Crippen molar-refractivity contribution in [3.05, 3.63) is 47.2 Å². The Morgan fingerprint density at radius 3 is 2.88 bits per heavy atom. The molecule has 1 aromatic heterocycles. The highest BCUT2D eigenvalue weighted by Crippen LogP contribution is 2.30. The van der Waals surface area contributed by atoms with Crippen molar-refractivity contribution in [3.8, 4) is 11.3 Å². The third-order valence-electron chi connectivity index (χ3n) is 2.83. The van der Waals surface area contributed by atoms with Crippen LogP contribution in [-0.4, -0.2) is 12.2 Å². The quantitative estimate of drug-likeness (QED) is 0.798. The van der Waals surface area contributed by atoms with Crippen LogP contribution in [0.3, 0.4) is 0 Å². The van der Waals surface area contributed by atoms with Crippen molar-refractivity contribution < 1.29 is 14.0 Å². The van der Waals surface area contributed by atoms with Crippen molar-refractivity contribution in [2.45, 2.75) is 6.54 Å². The molecule has 0 spiro atoms. The van der Waals surface area contributed by atoms with Gasteiger partial charge in [-0.2, -0.15) is 0 Å². The SMILES string of the molecule is O=Cc1ccc(-c2cccc3c2C(=O)NC3)o1. The minimum atomic E-state index is -0.0975. The molecule has 84 valence electrons. The van der Waals surface area contributed by atoms with Crippen molar-refractivity contribution in [1.82, 2.24) is 5.32 Å². The summed E-state index contributed by atoms with van der Waals surface area (Å²) in [6.07, 6.45) is 0.646. The Bertz CT molecular complexity index is 613. The standard InChI is InChI=1S/C13H9NO3/c15-7-9-4-5-11(17-9)10-3-1-2-8-6-14-13(16)12(8)10/h1-5,7H,6H2,(H,14,16). The second-order valence-corrected chi connectivity index (χ2v) is 3.84. The summed E-state index contributed by atoms with van der Waals surface area (Å²) in [6, 6.07) is 8.88. The second-order valence-electron chi connectivity index (χ2n) is 3.84. The minimum Gasteiger partial charge on any atom is -0.453 e. The maximum atomic E-state index is 11.7. The fraction of sp³-hybridized carbons (Fsp3) is 0.0769. The van der Waals surface area contributed by atoms with E-state index in [9.17, 15) is 9.59 Å². The number of rotatable bonds is 2. The number of aldehydes is 1. The molecule has 4 heteroatoms. The van der Waals surface area contributed by atoms with Crippen molar-refractivity contribution in [2.75, 3.05) is 0 Å². The number of amides is 1. The Morgan fingerprint density at radius 2 is 2.12 bits per heavy atom. The van der Waals surface area contributed by atoms with E-state index in [4.69, 9.17) is 4.42 Å². The highest BCUT2D eigenvalue weighted by atomic mass is 16.3. The molecule has 0 fully saturated rings. The lowest BCUT2D eigenvalue weighted by atomic mass is 10.0. The third-order valence-corrected chi connectivity index (χ3v) is 2.83. The normalized spacial score (nSPS) is 13.3. The summed E-state index contributed by atoms with van der Waals surface area (Å²) in [5, 5.41) is 2.77. The van der Waals surface area contributed by atoms with Gasteiger partial charge in [-0.3, -0.25) is 9.59 Å². The van der Waals surface area contributed by atoms with Crippen molar-refractivity contribution >= 4 is 12.2 Å². The van der Waals surface area contributed by atoms with Gasteiger partial charge in [-0.1, -0.05) is 18.2 Å². The Balaban J connectivity index is 2.18. The van der Waals surface area contributed by atoms with Gasteiger partial charge in [0.15, 0.2) is 12.0 Å². The molecule has 1 N–H and O–H groups in total. The van der Waals surface area contributed by atoms with Gasteiger partial charge in [0, 0.05) is 12.1 Å². The topological polar surface area (TPSA) is 59.3 Å². The van der Waals surface area contributed by atoms with Gasteiger partial charge in [0.25, 0.3) is 5.91 Å². The summed E-state index contributed by atoms with van der Waals surface area (Å²) >= 11 is 0. The number of carbonyl (C=O) groups excluding carboxylic acids is 2. The Kier molecular flexibility index (Phi) is 2.08. The smallest absolute Gasteiger partial charge is 0.252 e. The molecule has 0 unspecified atom stereocenters. The molecular weight excluding hydrogens is 218 g/mol. The van der Waals surface area contributed by atoms with Crippen LogP contribution in [0.2, 0.25) is 0 Å². The molecule has 17 heavy (non-hydrogen) atoms. The molecule has 0 saturated carbocycles. The monoisotopic (exact) mass is 227 g/mol. The number of nitrogens with one attached hydrogen (secondary N) is 1. The van der Waals surface area contributed by atoms with E-state index in [1.807, 2.05) is 18.2 Å². The van der Waals surface area contributed by atoms with Gasteiger partial charge < -0.3 is 9.73 Å². The molecule has 0 bridgehead atoms. The molecule has 2 heterocycles. The lowest BCUT2D eigenvalue weighted by Gasteiger charge is -2.02. The molecule has 0 saturated heterocycles. The van der Waals surface area contributed by atoms with Crippen LogP contribution in [0.1, 0.15) is 26.5 Å². The van der Waals surface area contributed by atoms with E-state index in [-0.39, 0.29) is 11.7 Å². The first-order valence-electron chi connectivity index (χ1n) is 5.25. The predicted octanol–water partition coefficient (Wildman–Crippen LogP) is 2.00. The molecule has 2 aromatic rings. The molecule has 3 rings (SSSR count). The van der Waals surface area contributed by atoms with Gasteiger partial charge in [-0.15, -0.1) is 0 Å². The predicted molar refractivity (Wildman–Crippen MR) is 60.7 cm³/mol. The molecular formula is C13H9NO3. The maximum Gasteiger partial charge on any atom is 0.252 e. The van der Waals surface area contributed by atoms with Crippen LogP contribution in [-0.2, 0) is 6.54 Å². The van der Waals surface area contributed by atoms with Crippen molar-refractivity contribution in [3.63, 3.8) is 0 Å². The van der Waals surface area contributed by atoms with Gasteiger partial charge in [0.2, 0.25) is 0 Å². The Labute approximate surface area is 97.2 Å². The van der Waals surface area contributed by atoms with Gasteiger partial charge in [0.05, 0.1) is 5.56 Å². The molecule has 1 amide bonds. The van der Waals surface area contributed by atoms with E-state index >= 15 is 0 Å². The van der Waals surface area contributed by atoms with Gasteiger partial charge in [-0.25, -0.2) is 0 Å². The average Bonchev–Trinajstić information content (AvgIpc) is 2.96. The van der Waals surface area contributed by atoms with Crippen LogP contribution in [0.5, 0.6) is 0 Å². The van der Waals surface area contributed by atoms with Crippen LogP contribution in [0.25, 0.3) is 11.3 Å². The van der Waals surface area contributed by atoms with Crippen LogP contribution in [0.15, 0.2) is 34.7 Å². The van der Waals surface area contributed by atoms with E-state index in [2.05, 4.69) is 5.32 Å². The van der Waals surface area contributed by atoms with Crippen LogP contribution < -0.4 is 5.32 Å². The molecule has 1 aromatic carbocycles. The van der Waals surface area contributed by atoms with E-state index in [1.165, 1.54) is 0 Å². The zero-order valence-corrected chi connectivity index (χ0v) is 8.90. The number of fused-ring (bicyclic) bond motifs is 1. The maximum absolute atomic E-state index is 11.7. The number of carbonyl (C=O) groups is 2. The molecule has 1 aliphatic rings. The van der Waals surface area contributed by atoms with Gasteiger partial charge in [0.1, 0.15) is 5.76 Å². The summed E-state index contributed by atoms with van der Waals surface area (Å²) in [7, 11) is 0. The first kappa shape index (κ1) is 9.84. The summed E-state index contributed by atoms with van der Waals surface area (Å²) in [5.74, 6) is 0.705. The molecule has 4 nitrogen and oxygen atoms in total. The molecule has 0 aliphatic carbocycles. The lowest BCUT2D eigenvalue weighted by Crippen LogP contribution is -2.13. The zero-order chi connectivity index (χ0) is 11.8.